The van der Waals surface area contributed by atoms with Crippen LogP contribution in [0.5, 0.6) is 0 Å². The van der Waals surface area contributed by atoms with Gasteiger partial charge in [0.15, 0.2) is 0 Å². The summed E-state index contributed by atoms with van der Waals surface area (Å²) in [5.74, 6) is -1.63. The molecule has 1 N–H and O–H groups in total. The Morgan fingerprint density at radius 2 is 1.93 bits per heavy atom. The monoisotopic (exact) mass is 230 g/mol. The van der Waals surface area contributed by atoms with E-state index in [0.717, 1.165) is 12.5 Å². The van der Waals surface area contributed by atoms with E-state index in [-0.39, 0.29) is 12.0 Å². The molecule has 15 heavy (non-hydrogen) atoms. The topological polar surface area (TPSA) is 63.6 Å². The molecule has 0 aromatic heterocycles. The van der Waals surface area contributed by atoms with Crippen molar-refractivity contribution in [2.24, 2.45) is 0 Å². The van der Waals surface area contributed by atoms with Gasteiger partial charge in [0.25, 0.3) is 0 Å². The van der Waals surface area contributed by atoms with E-state index in [0.29, 0.717) is 0 Å². The van der Waals surface area contributed by atoms with Crippen LogP contribution in [0.15, 0.2) is 12.2 Å². The van der Waals surface area contributed by atoms with Gasteiger partial charge in [0.05, 0.1) is 6.42 Å². The van der Waals surface area contributed by atoms with Crippen LogP contribution in [0.2, 0.25) is 19.1 Å². The third-order valence-corrected chi connectivity index (χ3v) is 4.32. The lowest BCUT2D eigenvalue weighted by atomic mass is 10.2. The van der Waals surface area contributed by atoms with Crippen molar-refractivity contribution >= 4 is 20.3 Å². The van der Waals surface area contributed by atoms with Crippen LogP contribution in [0.3, 0.4) is 0 Å². The zero-order valence-corrected chi connectivity index (χ0v) is 10.5. The molecule has 0 unspecified atom stereocenters. The van der Waals surface area contributed by atoms with E-state index >= 15 is 0 Å². The Balaban J connectivity index is 4.24. The molecule has 0 saturated heterocycles. The Hall–Kier alpha value is -1.10. The normalized spacial score (nSPS) is 10.9. The van der Waals surface area contributed by atoms with Gasteiger partial charge in [-0.3, -0.25) is 4.79 Å². The molecule has 0 rings (SSSR count). The molecule has 0 bridgehead atoms. The van der Waals surface area contributed by atoms with Gasteiger partial charge < -0.3 is 9.53 Å². The lowest BCUT2D eigenvalue weighted by Crippen LogP contribution is -2.33. The Morgan fingerprint density at radius 1 is 1.40 bits per heavy atom. The van der Waals surface area contributed by atoms with E-state index < -0.39 is 20.3 Å². The predicted molar refractivity (Wildman–Crippen MR) is 60.1 cm³/mol. The third-order valence-electron chi connectivity index (χ3n) is 1.87. The Bertz CT molecular complexity index is 271. The summed E-state index contributed by atoms with van der Waals surface area (Å²) in [6.45, 7) is 9.29. The van der Waals surface area contributed by atoms with E-state index in [4.69, 9.17) is 9.53 Å². The van der Waals surface area contributed by atoms with E-state index in [1.165, 1.54) is 0 Å². The minimum absolute atomic E-state index is 0.0131. The average molecular weight is 230 g/mol. The maximum Gasteiger partial charge on any atom is 0.320 e. The number of rotatable bonds is 6. The van der Waals surface area contributed by atoms with Crippen molar-refractivity contribution in [3.8, 4) is 0 Å². The second-order valence-electron chi connectivity index (χ2n) is 4.07. The van der Waals surface area contributed by atoms with Crippen molar-refractivity contribution in [1.82, 2.24) is 0 Å². The van der Waals surface area contributed by atoms with Gasteiger partial charge in [-0.2, -0.15) is 0 Å². The highest BCUT2D eigenvalue weighted by molar-refractivity contribution is 6.72. The minimum Gasteiger partial charge on any atom is -0.516 e. The fraction of sp³-hybridized carbons (Fsp3) is 0.600. The molecule has 0 aliphatic heterocycles. The maximum absolute atomic E-state index is 11.4. The van der Waals surface area contributed by atoms with Crippen molar-refractivity contribution in [3.05, 3.63) is 12.2 Å². The Kier molecular flexibility index (Phi) is 5.28. The van der Waals surface area contributed by atoms with Crippen molar-refractivity contribution in [3.63, 3.8) is 0 Å². The van der Waals surface area contributed by atoms with Crippen LogP contribution < -0.4 is 0 Å². The molecule has 0 aliphatic rings. The van der Waals surface area contributed by atoms with Crippen LogP contribution in [-0.2, 0) is 14.0 Å². The third kappa shape index (κ3) is 6.06. The van der Waals surface area contributed by atoms with Crippen LogP contribution >= 0.6 is 0 Å². The quantitative estimate of drug-likeness (QED) is 0.561. The maximum atomic E-state index is 11.4. The SMILES string of the molecule is C=C(CC(=O)O)C(=O)O[Si](C)(C)CCC. The van der Waals surface area contributed by atoms with Gasteiger partial charge in [0, 0.05) is 5.57 Å². The zero-order chi connectivity index (χ0) is 12.1. The number of carboxylic acid groups (broad SMARTS) is 1. The largest absolute Gasteiger partial charge is 0.516 e. The molecule has 86 valence electrons. The highest BCUT2D eigenvalue weighted by Crippen LogP contribution is 2.16. The molecule has 0 aliphatic carbocycles. The van der Waals surface area contributed by atoms with Gasteiger partial charge in [0.2, 0.25) is 8.32 Å². The zero-order valence-electron chi connectivity index (χ0n) is 9.50. The van der Waals surface area contributed by atoms with Gasteiger partial charge >= 0.3 is 11.9 Å². The van der Waals surface area contributed by atoms with Crippen LogP contribution in [-0.4, -0.2) is 25.4 Å². The lowest BCUT2D eigenvalue weighted by Gasteiger charge is -2.22. The molecule has 0 atom stereocenters. The van der Waals surface area contributed by atoms with Crippen LogP contribution in [0.1, 0.15) is 19.8 Å². The number of aliphatic carboxylic acids is 1. The van der Waals surface area contributed by atoms with Crippen molar-refractivity contribution in [1.29, 1.82) is 0 Å². The minimum atomic E-state index is -1.98. The molecule has 0 aromatic rings. The summed E-state index contributed by atoms with van der Waals surface area (Å²) >= 11 is 0. The number of carboxylic acids is 1. The Labute approximate surface area is 91.1 Å². The summed E-state index contributed by atoms with van der Waals surface area (Å²) in [4.78, 5) is 21.8. The van der Waals surface area contributed by atoms with Crippen LogP contribution in [0.25, 0.3) is 0 Å². The highest BCUT2D eigenvalue weighted by atomic mass is 28.4. The summed E-state index contributed by atoms with van der Waals surface area (Å²) in [5.41, 5.74) is 0.0131. The lowest BCUT2D eigenvalue weighted by molar-refractivity contribution is -0.139. The second kappa shape index (κ2) is 5.70. The van der Waals surface area contributed by atoms with Crippen LogP contribution in [0.4, 0.5) is 0 Å². The fourth-order valence-electron chi connectivity index (χ4n) is 1.23. The van der Waals surface area contributed by atoms with Gasteiger partial charge in [0.1, 0.15) is 0 Å². The van der Waals surface area contributed by atoms with Gasteiger partial charge in [-0.1, -0.05) is 19.9 Å². The van der Waals surface area contributed by atoms with Gasteiger partial charge in [-0.05, 0) is 19.1 Å². The second-order valence-corrected chi connectivity index (χ2v) is 8.30. The molecule has 0 amide bonds. The number of carbonyl (C=O) groups excluding carboxylic acids is 1. The number of hydrogen-bond acceptors (Lipinski definition) is 3. The van der Waals surface area contributed by atoms with Crippen molar-refractivity contribution in [2.75, 3.05) is 0 Å². The van der Waals surface area contributed by atoms with E-state index in [9.17, 15) is 9.59 Å². The Morgan fingerprint density at radius 3 is 2.33 bits per heavy atom. The van der Waals surface area contributed by atoms with Crippen molar-refractivity contribution < 1.29 is 19.1 Å². The standard InChI is InChI=1S/C10H18O4Si/c1-5-6-15(3,4)14-10(13)8(2)7-9(11)12/h2,5-7H2,1,3-4H3,(H,11,12). The van der Waals surface area contributed by atoms with Crippen molar-refractivity contribution in [2.45, 2.75) is 38.9 Å². The van der Waals surface area contributed by atoms with Gasteiger partial charge in [-0.25, -0.2) is 4.79 Å². The summed E-state index contributed by atoms with van der Waals surface area (Å²) < 4.78 is 5.28. The summed E-state index contributed by atoms with van der Waals surface area (Å²) in [6.07, 6.45) is 0.605. The van der Waals surface area contributed by atoms with Crippen LogP contribution in [0, 0.1) is 0 Å². The predicted octanol–water partition coefficient (Wildman–Crippen LogP) is 2.18. The molecule has 0 aromatic carbocycles. The van der Waals surface area contributed by atoms with E-state index in [1.54, 1.807) is 0 Å². The first kappa shape index (κ1) is 13.9. The molecule has 5 heteroatoms. The fourth-order valence-corrected chi connectivity index (χ4v) is 3.18. The first-order valence-corrected chi connectivity index (χ1v) is 8.03. The first-order valence-electron chi connectivity index (χ1n) is 4.91. The smallest absolute Gasteiger partial charge is 0.320 e. The molecular weight excluding hydrogens is 212 g/mol. The van der Waals surface area contributed by atoms with E-state index in [2.05, 4.69) is 6.58 Å². The molecule has 0 fully saturated rings. The molecule has 0 heterocycles. The summed E-state index contributed by atoms with van der Waals surface area (Å²) in [7, 11) is -1.98. The highest BCUT2D eigenvalue weighted by Gasteiger charge is 2.27. The summed E-state index contributed by atoms with van der Waals surface area (Å²) in [5, 5.41) is 8.48. The summed E-state index contributed by atoms with van der Waals surface area (Å²) in [6, 6.07) is 0.874. The molecule has 0 spiro atoms. The molecule has 4 nitrogen and oxygen atoms in total. The average Bonchev–Trinajstić information content (AvgIpc) is 2.01. The molecule has 0 radical (unpaired) electrons. The number of carbonyl (C=O) groups is 2. The van der Waals surface area contributed by atoms with Gasteiger partial charge in [-0.15, -0.1) is 0 Å². The van der Waals surface area contributed by atoms with E-state index in [1.807, 2.05) is 20.0 Å². The first-order chi connectivity index (χ1) is 6.78. The molecule has 0 saturated carbocycles. The molecular formula is C10H18O4Si. The number of hydrogen-bond donors (Lipinski definition) is 1.